The van der Waals surface area contributed by atoms with Crippen LogP contribution in [-0.4, -0.2) is 22.6 Å². The van der Waals surface area contributed by atoms with Gasteiger partial charge >= 0.3 is 0 Å². The normalized spacial score (nSPS) is 20.6. The summed E-state index contributed by atoms with van der Waals surface area (Å²) in [5.74, 6) is 0.955. The first-order chi connectivity index (χ1) is 13.0. The Labute approximate surface area is 174 Å². The summed E-state index contributed by atoms with van der Waals surface area (Å²) in [4.78, 5) is 12.4. The van der Waals surface area contributed by atoms with Gasteiger partial charge in [0, 0.05) is 10.7 Å². The van der Waals surface area contributed by atoms with Gasteiger partial charge in [0.25, 0.3) is 0 Å². The largest absolute Gasteiger partial charge is 0.311 e. The van der Waals surface area contributed by atoms with Crippen molar-refractivity contribution in [3.63, 3.8) is 0 Å². The lowest BCUT2D eigenvalue weighted by atomic mass is 9.88. The molecule has 28 heavy (non-hydrogen) atoms. The summed E-state index contributed by atoms with van der Waals surface area (Å²) in [5.41, 5.74) is 4.21. The van der Waals surface area contributed by atoms with E-state index in [-0.39, 0.29) is 17.1 Å². The van der Waals surface area contributed by atoms with Crippen LogP contribution in [0.5, 0.6) is 0 Å². The Balaban J connectivity index is 2.22. The third-order valence-electron chi connectivity index (χ3n) is 4.43. The average Bonchev–Trinajstić information content (AvgIpc) is 2.57. The second-order valence-corrected chi connectivity index (χ2v) is 9.82. The van der Waals surface area contributed by atoms with E-state index in [4.69, 9.17) is 21.6 Å². The van der Waals surface area contributed by atoms with Gasteiger partial charge in [-0.2, -0.15) is 0 Å². The van der Waals surface area contributed by atoms with Gasteiger partial charge in [0.05, 0.1) is 11.1 Å². The van der Waals surface area contributed by atoms with Gasteiger partial charge in [0.15, 0.2) is 5.84 Å². The molecule has 0 bridgehead atoms. The van der Waals surface area contributed by atoms with Crippen molar-refractivity contribution in [3.05, 3.63) is 64.7 Å². The van der Waals surface area contributed by atoms with Crippen molar-refractivity contribution in [1.29, 1.82) is 0 Å². The second-order valence-electron chi connectivity index (χ2n) is 9.38. The molecule has 1 aliphatic heterocycles. The Bertz CT molecular complexity index is 912. The van der Waals surface area contributed by atoms with Crippen molar-refractivity contribution in [1.82, 2.24) is 0 Å². The predicted molar refractivity (Wildman–Crippen MR) is 122 cm³/mol. The molecular formula is C24H30ClN3. The van der Waals surface area contributed by atoms with Crippen LogP contribution in [0.4, 0.5) is 5.69 Å². The smallest absolute Gasteiger partial charge is 0.153 e. The number of aryl methyl sites for hydroxylation is 1. The number of rotatable bonds is 2. The van der Waals surface area contributed by atoms with Crippen LogP contribution in [0.3, 0.4) is 0 Å². The van der Waals surface area contributed by atoms with E-state index in [0.717, 1.165) is 16.6 Å². The maximum absolute atomic E-state index is 6.15. The maximum Gasteiger partial charge on any atom is 0.153 e. The molecule has 0 aliphatic carbocycles. The Morgan fingerprint density at radius 1 is 0.821 bits per heavy atom. The van der Waals surface area contributed by atoms with Gasteiger partial charge in [-0.05, 0) is 77.8 Å². The van der Waals surface area contributed by atoms with Crippen LogP contribution in [0.15, 0.2) is 58.5 Å². The lowest BCUT2D eigenvalue weighted by molar-refractivity contribution is 0.567. The zero-order valence-corrected chi connectivity index (χ0v) is 18.7. The molecule has 3 rings (SSSR count). The van der Waals surface area contributed by atoms with Gasteiger partial charge in [-0.25, -0.2) is 0 Å². The lowest BCUT2D eigenvalue weighted by Gasteiger charge is -2.47. The third-order valence-corrected chi connectivity index (χ3v) is 4.68. The quantitative estimate of drug-likeness (QED) is 0.559. The minimum Gasteiger partial charge on any atom is -0.311 e. The third kappa shape index (κ3) is 4.47. The first kappa shape index (κ1) is 20.6. The molecule has 4 heteroatoms. The Morgan fingerprint density at radius 2 is 1.39 bits per heavy atom. The number of halogens is 1. The van der Waals surface area contributed by atoms with Gasteiger partial charge in [-0.1, -0.05) is 41.9 Å². The summed E-state index contributed by atoms with van der Waals surface area (Å²) >= 11 is 6.15. The van der Waals surface area contributed by atoms with Gasteiger partial charge in [-0.15, -0.1) is 0 Å². The van der Waals surface area contributed by atoms with E-state index in [0.29, 0.717) is 0 Å². The van der Waals surface area contributed by atoms with Crippen LogP contribution in [-0.2, 0) is 0 Å². The summed E-state index contributed by atoms with van der Waals surface area (Å²) < 4.78 is 0. The van der Waals surface area contributed by atoms with Gasteiger partial charge in [-0.3, -0.25) is 9.98 Å². The SMILES string of the molecule is Cc1ccccc1N1C(=NC(C)(C)C)C(=NC(C)(C)C)C1c1ccc(Cl)cc1. The molecule has 0 radical (unpaired) electrons. The highest BCUT2D eigenvalue weighted by Crippen LogP contribution is 2.41. The van der Waals surface area contributed by atoms with Crippen molar-refractivity contribution in [2.24, 2.45) is 9.98 Å². The molecule has 0 saturated carbocycles. The molecule has 1 atom stereocenters. The number of hydrogen-bond donors (Lipinski definition) is 0. The Morgan fingerprint density at radius 3 is 1.93 bits per heavy atom. The number of para-hydroxylation sites is 1. The van der Waals surface area contributed by atoms with Crippen LogP contribution >= 0.6 is 11.6 Å². The molecule has 0 spiro atoms. The van der Waals surface area contributed by atoms with Crippen molar-refractivity contribution < 1.29 is 0 Å². The van der Waals surface area contributed by atoms with Crippen LogP contribution < -0.4 is 4.90 Å². The van der Waals surface area contributed by atoms with Crippen molar-refractivity contribution in [3.8, 4) is 0 Å². The first-order valence-corrected chi connectivity index (χ1v) is 10.1. The van der Waals surface area contributed by atoms with E-state index in [2.05, 4.69) is 89.8 Å². The standard InChI is InChI=1S/C24H30ClN3/c1-16-10-8-9-11-19(16)28-21(17-12-14-18(25)15-13-17)20(26-23(2,3)4)22(28)27-24(5,6)7/h8-15,21H,1-7H3. The van der Waals surface area contributed by atoms with Gasteiger partial charge < -0.3 is 4.90 Å². The summed E-state index contributed by atoms with van der Waals surface area (Å²) in [6, 6.07) is 16.5. The van der Waals surface area contributed by atoms with E-state index in [1.165, 1.54) is 16.8 Å². The molecule has 1 aliphatic rings. The number of anilines is 1. The van der Waals surface area contributed by atoms with E-state index in [1.54, 1.807) is 0 Å². The number of aliphatic imine (C=N–C) groups is 2. The molecular weight excluding hydrogens is 366 g/mol. The molecule has 2 aromatic carbocycles. The fraction of sp³-hybridized carbons (Fsp3) is 0.417. The van der Waals surface area contributed by atoms with Crippen LogP contribution in [0.25, 0.3) is 0 Å². The molecule has 2 aromatic rings. The zero-order valence-electron chi connectivity index (χ0n) is 17.9. The highest BCUT2D eigenvalue weighted by Gasteiger charge is 2.45. The van der Waals surface area contributed by atoms with Gasteiger partial charge in [0.1, 0.15) is 11.8 Å². The fourth-order valence-electron chi connectivity index (χ4n) is 3.36. The average molecular weight is 396 g/mol. The van der Waals surface area contributed by atoms with Crippen molar-refractivity contribution >= 4 is 28.8 Å². The Hall–Kier alpha value is -2.13. The Kier molecular flexibility index (Phi) is 5.42. The zero-order chi connectivity index (χ0) is 20.7. The molecule has 1 fully saturated rings. The summed E-state index contributed by atoms with van der Waals surface area (Å²) in [5, 5.41) is 0.739. The molecule has 1 saturated heterocycles. The van der Waals surface area contributed by atoms with Gasteiger partial charge in [0.2, 0.25) is 0 Å². The van der Waals surface area contributed by atoms with Crippen molar-refractivity contribution in [2.45, 2.75) is 65.6 Å². The number of amidine groups is 1. The number of hydrogen-bond acceptors (Lipinski definition) is 2. The molecule has 0 aromatic heterocycles. The monoisotopic (exact) mass is 395 g/mol. The highest BCUT2D eigenvalue weighted by atomic mass is 35.5. The van der Waals surface area contributed by atoms with E-state index in [9.17, 15) is 0 Å². The van der Waals surface area contributed by atoms with E-state index in [1.807, 2.05) is 12.1 Å². The summed E-state index contributed by atoms with van der Waals surface area (Å²) in [6.07, 6.45) is 0. The first-order valence-electron chi connectivity index (χ1n) is 9.76. The number of benzene rings is 2. The topological polar surface area (TPSA) is 28.0 Å². The molecule has 3 nitrogen and oxygen atoms in total. The number of nitrogens with zero attached hydrogens (tertiary/aromatic N) is 3. The molecule has 0 N–H and O–H groups in total. The molecule has 148 valence electrons. The van der Waals surface area contributed by atoms with Crippen LogP contribution in [0.1, 0.15) is 58.7 Å². The van der Waals surface area contributed by atoms with Crippen LogP contribution in [0.2, 0.25) is 5.02 Å². The minimum atomic E-state index is -0.195. The van der Waals surface area contributed by atoms with Crippen molar-refractivity contribution in [2.75, 3.05) is 4.90 Å². The molecule has 0 amide bonds. The molecule has 1 heterocycles. The van der Waals surface area contributed by atoms with E-state index < -0.39 is 0 Å². The summed E-state index contributed by atoms with van der Waals surface area (Å²) in [7, 11) is 0. The van der Waals surface area contributed by atoms with Crippen LogP contribution in [0, 0.1) is 6.92 Å². The highest BCUT2D eigenvalue weighted by molar-refractivity contribution is 6.56. The van der Waals surface area contributed by atoms with E-state index >= 15 is 0 Å². The maximum atomic E-state index is 6.15. The second kappa shape index (κ2) is 7.36. The summed E-state index contributed by atoms with van der Waals surface area (Å²) in [6.45, 7) is 14.9. The predicted octanol–water partition coefficient (Wildman–Crippen LogP) is 6.65. The lowest BCUT2D eigenvalue weighted by Crippen LogP contribution is -2.58. The fourth-order valence-corrected chi connectivity index (χ4v) is 3.49. The molecule has 1 unspecified atom stereocenters. The minimum absolute atomic E-state index is 0.0266.